The fourth-order valence-corrected chi connectivity index (χ4v) is 4.81. The van der Waals surface area contributed by atoms with E-state index in [1.54, 1.807) is 24.2 Å². The third-order valence-corrected chi connectivity index (χ3v) is 6.93. The molecule has 0 saturated carbocycles. The minimum atomic E-state index is -1.49. The lowest BCUT2D eigenvalue weighted by Crippen LogP contribution is -2.36. The topological polar surface area (TPSA) is 109 Å². The Kier molecular flexibility index (Phi) is 5.65. The van der Waals surface area contributed by atoms with Gasteiger partial charge in [-0.3, -0.25) is 9.48 Å². The molecule has 0 bridgehead atoms. The number of hydrogen-bond donors (Lipinski definition) is 2. The van der Waals surface area contributed by atoms with Crippen molar-refractivity contribution in [1.82, 2.24) is 29.6 Å². The van der Waals surface area contributed by atoms with Gasteiger partial charge in [-0.15, -0.1) is 11.3 Å². The van der Waals surface area contributed by atoms with Crippen molar-refractivity contribution in [2.24, 2.45) is 0 Å². The Bertz CT molecular complexity index is 1390. The zero-order chi connectivity index (χ0) is 24.8. The lowest BCUT2D eigenvalue weighted by atomic mass is 9.91. The summed E-state index contributed by atoms with van der Waals surface area (Å²) in [5.74, 6) is 0.824. The van der Waals surface area contributed by atoms with E-state index < -0.39 is 5.60 Å². The molecule has 9 nitrogen and oxygen atoms in total. The van der Waals surface area contributed by atoms with Crippen LogP contribution >= 0.6 is 11.3 Å². The first kappa shape index (κ1) is 23.1. The maximum atomic E-state index is 12.5. The quantitative estimate of drug-likeness (QED) is 0.436. The van der Waals surface area contributed by atoms with E-state index in [9.17, 15) is 9.90 Å². The summed E-state index contributed by atoms with van der Waals surface area (Å²) in [6.45, 7) is 6.78. The van der Waals surface area contributed by atoms with Crippen molar-refractivity contribution in [2.45, 2.75) is 38.3 Å². The van der Waals surface area contributed by atoms with Crippen LogP contribution in [0.25, 0.3) is 22.0 Å². The highest BCUT2D eigenvalue weighted by molar-refractivity contribution is 7.13. The van der Waals surface area contributed by atoms with Crippen LogP contribution in [0.1, 0.15) is 32.8 Å². The molecule has 0 spiro atoms. The summed E-state index contributed by atoms with van der Waals surface area (Å²) in [5, 5.41) is 21.4. The number of benzene rings is 1. The molecule has 1 amide bonds. The van der Waals surface area contributed by atoms with Gasteiger partial charge in [-0.25, -0.2) is 15.0 Å². The number of aliphatic hydroxyl groups is 1. The molecular formula is C25H27N7O2S. The molecule has 1 aliphatic heterocycles. The third kappa shape index (κ3) is 4.42. The minimum absolute atomic E-state index is 0.117. The number of nitrogens with one attached hydrogen (secondary N) is 1. The number of likely N-dealkylation sites (N-methyl/N-ethyl adjacent to an activating group) is 1. The first-order chi connectivity index (χ1) is 16.6. The van der Waals surface area contributed by atoms with E-state index in [0.29, 0.717) is 36.0 Å². The van der Waals surface area contributed by atoms with E-state index in [0.717, 1.165) is 16.3 Å². The third-order valence-electron chi connectivity index (χ3n) is 6.04. The van der Waals surface area contributed by atoms with Crippen LogP contribution in [0.3, 0.4) is 0 Å². The van der Waals surface area contributed by atoms with E-state index in [2.05, 4.69) is 41.2 Å². The van der Waals surface area contributed by atoms with Crippen LogP contribution in [0.5, 0.6) is 0 Å². The zero-order valence-electron chi connectivity index (χ0n) is 20.1. The van der Waals surface area contributed by atoms with Crippen LogP contribution in [-0.4, -0.2) is 54.2 Å². The molecule has 4 aromatic rings. The molecule has 3 aromatic heterocycles. The van der Waals surface area contributed by atoms with E-state index in [4.69, 9.17) is 4.98 Å². The van der Waals surface area contributed by atoms with Crippen LogP contribution < -0.4 is 5.32 Å². The van der Waals surface area contributed by atoms with E-state index >= 15 is 0 Å². The van der Waals surface area contributed by atoms with Gasteiger partial charge in [-0.2, -0.15) is 5.10 Å². The highest BCUT2D eigenvalue weighted by atomic mass is 32.1. The van der Waals surface area contributed by atoms with Gasteiger partial charge in [0.25, 0.3) is 5.91 Å². The molecule has 1 aromatic carbocycles. The molecule has 1 unspecified atom stereocenters. The van der Waals surface area contributed by atoms with Crippen molar-refractivity contribution >= 4 is 29.0 Å². The van der Waals surface area contributed by atoms with Crippen molar-refractivity contribution in [3.05, 3.63) is 59.7 Å². The molecule has 1 saturated heterocycles. The number of anilines is 2. The molecule has 180 valence electrons. The smallest absolute Gasteiger partial charge is 0.258 e. The minimum Gasteiger partial charge on any atom is -0.375 e. The Labute approximate surface area is 207 Å². The first-order valence-electron chi connectivity index (χ1n) is 11.3. The van der Waals surface area contributed by atoms with Gasteiger partial charge >= 0.3 is 0 Å². The van der Waals surface area contributed by atoms with Gasteiger partial charge in [0, 0.05) is 49.4 Å². The van der Waals surface area contributed by atoms with Crippen molar-refractivity contribution in [3.8, 4) is 22.0 Å². The number of likely N-dealkylation sites (tertiary alicyclic amines) is 1. The summed E-state index contributed by atoms with van der Waals surface area (Å²) in [5.41, 5.74) is 1.23. The van der Waals surface area contributed by atoms with E-state index in [1.807, 2.05) is 46.6 Å². The number of carbonyl (C=O) groups is 1. The molecule has 0 radical (unpaired) electrons. The average molecular weight is 490 g/mol. The maximum absolute atomic E-state index is 12.5. The van der Waals surface area contributed by atoms with Crippen LogP contribution in [0, 0.1) is 0 Å². The SMILES string of the molecule is CN1CCC(O)(c2cccc(-c3nc(-c4ccnc(Nc5ccn(C(C)(C)C)n5)n4)cs3)c2)C1=O. The van der Waals surface area contributed by atoms with Gasteiger partial charge in [0.15, 0.2) is 11.4 Å². The van der Waals surface area contributed by atoms with E-state index in [1.165, 1.54) is 11.3 Å². The highest BCUT2D eigenvalue weighted by Crippen LogP contribution is 2.36. The Morgan fingerprint density at radius 1 is 1.14 bits per heavy atom. The van der Waals surface area contributed by atoms with Crippen LogP contribution in [0.2, 0.25) is 0 Å². The molecule has 0 aliphatic carbocycles. The highest BCUT2D eigenvalue weighted by Gasteiger charge is 2.45. The fraction of sp³-hybridized carbons (Fsp3) is 0.320. The normalized spacial score (nSPS) is 18.3. The summed E-state index contributed by atoms with van der Waals surface area (Å²) in [7, 11) is 1.71. The molecular weight excluding hydrogens is 462 g/mol. The van der Waals surface area contributed by atoms with Crippen molar-refractivity contribution in [1.29, 1.82) is 0 Å². The summed E-state index contributed by atoms with van der Waals surface area (Å²) < 4.78 is 1.88. The van der Waals surface area contributed by atoms with E-state index in [-0.39, 0.29) is 11.4 Å². The molecule has 1 aliphatic rings. The van der Waals surface area contributed by atoms with Crippen molar-refractivity contribution in [3.63, 3.8) is 0 Å². The largest absolute Gasteiger partial charge is 0.375 e. The van der Waals surface area contributed by atoms with Crippen LogP contribution in [-0.2, 0) is 15.9 Å². The Balaban J connectivity index is 1.38. The molecule has 1 fully saturated rings. The number of hydrogen-bond acceptors (Lipinski definition) is 8. The summed E-state index contributed by atoms with van der Waals surface area (Å²) in [6.07, 6.45) is 3.98. The Morgan fingerprint density at radius 3 is 2.69 bits per heavy atom. The van der Waals surface area contributed by atoms with Gasteiger partial charge < -0.3 is 15.3 Å². The second kappa shape index (κ2) is 8.54. The summed E-state index contributed by atoms with van der Waals surface area (Å²) >= 11 is 1.48. The maximum Gasteiger partial charge on any atom is 0.258 e. The second-order valence-electron chi connectivity index (χ2n) is 9.66. The average Bonchev–Trinajstić information content (AvgIpc) is 3.57. The molecule has 35 heavy (non-hydrogen) atoms. The lowest BCUT2D eigenvalue weighted by Gasteiger charge is -2.21. The van der Waals surface area contributed by atoms with Crippen LogP contribution in [0.15, 0.2) is 54.2 Å². The van der Waals surface area contributed by atoms with Crippen molar-refractivity contribution in [2.75, 3.05) is 18.9 Å². The monoisotopic (exact) mass is 489 g/mol. The predicted molar refractivity (Wildman–Crippen MR) is 135 cm³/mol. The molecule has 10 heteroatoms. The van der Waals surface area contributed by atoms with Gasteiger partial charge in [0.05, 0.1) is 11.2 Å². The molecule has 4 heterocycles. The van der Waals surface area contributed by atoms with Gasteiger partial charge in [0.2, 0.25) is 5.95 Å². The number of thiazole rings is 1. The standard InChI is InChI=1S/C25H27N7O2S/c1-24(2,3)32-12-9-20(30-32)29-23-26-11-8-18(28-23)19-15-35-21(27-19)16-6-5-7-17(14-16)25(34)10-13-31(4)22(25)33/h5-9,11-12,14-15,34H,10,13H2,1-4H3,(H,26,28,29,30). The Morgan fingerprint density at radius 2 is 1.97 bits per heavy atom. The number of rotatable bonds is 5. The number of carbonyl (C=O) groups excluding carboxylic acids is 1. The molecule has 2 N–H and O–H groups in total. The number of nitrogens with zero attached hydrogens (tertiary/aromatic N) is 6. The summed E-state index contributed by atoms with van der Waals surface area (Å²) in [4.78, 5) is 27.8. The predicted octanol–water partition coefficient (Wildman–Crippen LogP) is 4.01. The fourth-order valence-electron chi connectivity index (χ4n) is 4.00. The number of amides is 1. The first-order valence-corrected chi connectivity index (χ1v) is 12.2. The number of aromatic nitrogens is 5. The molecule has 5 rings (SSSR count). The van der Waals surface area contributed by atoms with Crippen LogP contribution in [0.4, 0.5) is 11.8 Å². The van der Waals surface area contributed by atoms with Gasteiger partial charge in [0.1, 0.15) is 10.7 Å². The summed E-state index contributed by atoms with van der Waals surface area (Å²) in [6, 6.07) is 11.1. The van der Waals surface area contributed by atoms with Gasteiger partial charge in [-0.05, 0) is 38.5 Å². The lowest BCUT2D eigenvalue weighted by molar-refractivity contribution is -0.143. The Hall–Kier alpha value is -3.63. The van der Waals surface area contributed by atoms with Crippen molar-refractivity contribution < 1.29 is 9.90 Å². The molecule has 1 atom stereocenters. The van der Waals surface area contributed by atoms with Gasteiger partial charge in [-0.1, -0.05) is 18.2 Å². The second-order valence-corrected chi connectivity index (χ2v) is 10.5. The zero-order valence-corrected chi connectivity index (χ0v) is 20.9.